The van der Waals surface area contributed by atoms with E-state index in [-0.39, 0.29) is 18.4 Å². The average Bonchev–Trinajstić information content (AvgIpc) is 2.44. The highest BCUT2D eigenvalue weighted by atomic mass is 16.3. The number of hydrogen-bond donors (Lipinski definition) is 4. The third-order valence-corrected chi connectivity index (χ3v) is 2.96. The molecule has 0 saturated heterocycles. The van der Waals surface area contributed by atoms with E-state index < -0.39 is 6.03 Å². The Morgan fingerprint density at radius 2 is 1.95 bits per heavy atom. The Morgan fingerprint density at radius 1 is 1.30 bits per heavy atom. The van der Waals surface area contributed by atoms with E-state index in [1.165, 1.54) is 0 Å². The van der Waals surface area contributed by atoms with Crippen molar-refractivity contribution in [2.45, 2.75) is 26.4 Å². The summed E-state index contributed by atoms with van der Waals surface area (Å²) in [7, 11) is 0. The summed E-state index contributed by atoms with van der Waals surface area (Å²) in [5.41, 5.74) is 6.45. The third kappa shape index (κ3) is 5.71. The molecule has 0 saturated carbocycles. The standard InChI is InChI=1S/C14H21N3O3/c1-10(3-2-8-16-14(15)20)13(19)17-12-6-4-11(9-18)5-7-12/h4-7,10,18H,2-3,8-9H2,1H3,(H,17,19)(H3,15,16,20). The highest BCUT2D eigenvalue weighted by Gasteiger charge is 2.12. The van der Waals surface area contributed by atoms with Gasteiger partial charge in [0.2, 0.25) is 5.91 Å². The monoisotopic (exact) mass is 279 g/mol. The topological polar surface area (TPSA) is 104 Å². The van der Waals surface area contributed by atoms with Gasteiger partial charge in [0, 0.05) is 18.2 Å². The first-order chi connectivity index (χ1) is 9.52. The summed E-state index contributed by atoms with van der Waals surface area (Å²) in [5, 5.41) is 14.2. The number of urea groups is 1. The lowest BCUT2D eigenvalue weighted by Gasteiger charge is -2.12. The van der Waals surface area contributed by atoms with Crippen LogP contribution in [0.3, 0.4) is 0 Å². The number of benzene rings is 1. The number of rotatable bonds is 7. The maximum atomic E-state index is 11.9. The first-order valence-corrected chi connectivity index (χ1v) is 6.57. The first kappa shape index (κ1) is 16.0. The second-order valence-electron chi connectivity index (χ2n) is 4.68. The number of amides is 3. The van der Waals surface area contributed by atoms with Crippen molar-refractivity contribution in [2.75, 3.05) is 11.9 Å². The van der Waals surface area contributed by atoms with Crippen molar-refractivity contribution in [3.8, 4) is 0 Å². The molecule has 0 bridgehead atoms. The smallest absolute Gasteiger partial charge is 0.312 e. The molecule has 0 aliphatic heterocycles. The van der Waals surface area contributed by atoms with Crippen LogP contribution in [0.1, 0.15) is 25.3 Å². The van der Waals surface area contributed by atoms with Crippen LogP contribution < -0.4 is 16.4 Å². The summed E-state index contributed by atoms with van der Waals surface area (Å²) in [6.45, 7) is 2.29. The molecule has 6 heteroatoms. The van der Waals surface area contributed by atoms with Gasteiger partial charge in [-0.2, -0.15) is 0 Å². The Bertz CT molecular complexity index is 445. The second kappa shape index (κ2) is 8.16. The number of carbonyl (C=O) groups excluding carboxylic acids is 2. The van der Waals surface area contributed by atoms with Crippen LogP contribution >= 0.6 is 0 Å². The summed E-state index contributed by atoms with van der Waals surface area (Å²) < 4.78 is 0. The average molecular weight is 279 g/mol. The molecule has 0 aliphatic carbocycles. The number of primary amides is 1. The number of aliphatic hydroxyl groups is 1. The molecule has 1 aromatic carbocycles. The number of aliphatic hydroxyl groups excluding tert-OH is 1. The van der Waals surface area contributed by atoms with Crippen LogP contribution in [0.2, 0.25) is 0 Å². The Morgan fingerprint density at radius 3 is 2.50 bits per heavy atom. The molecule has 0 aliphatic rings. The van der Waals surface area contributed by atoms with Gasteiger partial charge in [0.1, 0.15) is 0 Å². The SMILES string of the molecule is CC(CCCNC(N)=O)C(=O)Nc1ccc(CO)cc1. The number of hydrogen-bond acceptors (Lipinski definition) is 3. The van der Waals surface area contributed by atoms with Crippen LogP contribution in [0.5, 0.6) is 0 Å². The minimum Gasteiger partial charge on any atom is -0.392 e. The zero-order valence-electron chi connectivity index (χ0n) is 11.6. The number of nitrogens with one attached hydrogen (secondary N) is 2. The van der Waals surface area contributed by atoms with Gasteiger partial charge in [0.15, 0.2) is 0 Å². The van der Waals surface area contributed by atoms with Gasteiger partial charge in [-0.1, -0.05) is 19.1 Å². The van der Waals surface area contributed by atoms with E-state index in [2.05, 4.69) is 10.6 Å². The normalized spacial score (nSPS) is 11.7. The fraction of sp³-hybridized carbons (Fsp3) is 0.429. The molecular weight excluding hydrogens is 258 g/mol. The molecule has 0 aromatic heterocycles. The molecule has 110 valence electrons. The van der Waals surface area contributed by atoms with E-state index in [9.17, 15) is 9.59 Å². The second-order valence-corrected chi connectivity index (χ2v) is 4.68. The maximum Gasteiger partial charge on any atom is 0.312 e. The van der Waals surface area contributed by atoms with Gasteiger partial charge in [-0.05, 0) is 30.5 Å². The Hall–Kier alpha value is -2.08. The lowest BCUT2D eigenvalue weighted by molar-refractivity contribution is -0.119. The molecule has 3 amide bonds. The lowest BCUT2D eigenvalue weighted by Crippen LogP contribution is -2.30. The Balaban J connectivity index is 2.34. The molecule has 1 rings (SSSR count). The fourth-order valence-electron chi connectivity index (χ4n) is 1.71. The quantitative estimate of drug-likeness (QED) is 0.564. The largest absolute Gasteiger partial charge is 0.392 e. The van der Waals surface area contributed by atoms with E-state index in [0.717, 1.165) is 5.56 Å². The fourth-order valence-corrected chi connectivity index (χ4v) is 1.71. The summed E-state index contributed by atoms with van der Waals surface area (Å²) in [6.07, 6.45) is 1.36. The van der Waals surface area contributed by atoms with E-state index in [1.54, 1.807) is 24.3 Å². The van der Waals surface area contributed by atoms with Crippen LogP contribution in [0.15, 0.2) is 24.3 Å². The van der Waals surface area contributed by atoms with Crippen molar-refractivity contribution < 1.29 is 14.7 Å². The molecule has 6 nitrogen and oxygen atoms in total. The maximum absolute atomic E-state index is 11.9. The number of anilines is 1. The van der Waals surface area contributed by atoms with Crippen LogP contribution in [0.25, 0.3) is 0 Å². The van der Waals surface area contributed by atoms with Crippen molar-refractivity contribution in [3.05, 3.63) is 29.8 Å². The van der Waals surface area contributed by atoms with Gasteiger partial charge in [0.25, 0.3) is 0 Å². The molecule has 0 spiro atoms. The van der Waals surface area contributed by atoms with Crippen molar-refractivity contribution in [1.82, 2.24) is 5.32 Å². The Kier molecular flexibility index (Phi) is 6.52. The number of carbonyl (C=O) groups is 2. The molecule has 0 fully saturated rings. The highest BCUT2D eigenvalue weighted by molar-refractivity contribution is 5.92. The molecule has 1 aromatic rings. The van der Waals surface area contributed by atoms with E-state index in [0.29, 0.717) is 25.1 Å². The minimum atomic E-state index is -0.550. The van der Waals surface area contributed by atoms with Crippen molar-refractivity contribution in [3.63, 3.8) is 0 Å². The van der Waals surface area contributed by atoms with E-state index in [1.807, 2.05) is 6.92 Å². The van der Waals surface area contributed by atoms with Crippen LogP contribution in [-0.4, -0.2) is 23.6 Å². The molecule has 1 unspecified atom stereocenters. The highest BCUT2D eigenvalue weighted by Crippen LogP contribution is 2.13. The van der Waals surface area contributed by atoms with Gasteiger partial charge in [-0.25, -0.2) is 4.79 Å². The van der Waals surface area contributed by atoms with Gasteiger partial charge >= 0.3 is 6.03 Å². The van der Waals surface area contributed by atoms with Gasteiger partial charge in [-0.15, -0.1) is 0 Å². The van der Waals surface area contributed by atoms with E-state index in [4.69, 9.17) is 10.8 Å². The zero-order chi connectivity index (χ0) is 15.0. The predicted octanol–water partition coefficient (Wildman–Crippen LogP) is 1.20. The van der Waals surface area contributed by atoms with Gasteiger partial charge < -0.3 is 21.5 Å². The van der Waals surface area contributed by atoms with Crippen molar-refractivity contribution in [2.24, 2.45) is 11.7 Å². The summed E-state index contributed by atoms with van der Waals surface area (Å²) in [5.74, 6) is -0.219. The van der Waals surface area contributed by atoms with Crippen LogP contribution in [0.4, 0.5) is 10.5 Å². The molecule has 1 atom stereocenters. The molecule has 5 N–H and O–H groups in total. The van der Waals surface area contributed by atoms with Crippen LogP contribution in [0, 0.1) is 5.92 Å². The minimum absolute atomic E-state index is 0.0164. The van der Waals surface area contributed by atoms with Gasteiger partial charge in [-0.3, -0.25) is 4.79 Å². The molecule has 0 heterocycles. The lowest BCUT2D eigenvalue weighted by atomic mass is 10.0. The zero-order valence-corrected chi connectivity index (χ0v) is 11.6. The van der Waals surface area contributed by atoms with E-state index >= 15 is 0 Å². The Labute approximate surface area is 118 Å². The number of nitrogens with two attached hydrogens (primary N) is 1. The molecular formula is C14H21N3O3. The molecule has 0 radical (unpaired) electrons. The first-order valence-electron chi connectivity index (χ1n) is 6.57. The summed E-state index contributed by atoms with van der Waals surface area (Å²) >= 11 is 0. The third-order valence-electron chi connectivity index (χ3n) is 2.96. The van der Waals surface area contributed by atoms with Gasteiger partial charge in [0.05, 0.1) is 6.61 Å². The summed E-state index contributed by atoms with van der Waals surface area (Å²) in [6, 6.07) is 6.48. The predicted molar refractivity (Wildman–Crippen MR) is 77.0 cm³/mol. The van der Waals surface area contributed by atoms with Crippen molar-refractivity contribution in [1.29, 1.82) is 0 Å². The van der Waals surface area contributed by atoms with Crippen molar-refractivity contribution >= 4 is 17.6 Å². The summed E-state index contributed by atoms with van der Waals surface area (Å²) in [4.78, 5) is 22.4. The molecule has 20 heavy (non-hydrogen) atoms. The van der Waals surface area contributed by atoms with Crippen LogP contribution in [-0.2, 0) is 11.4 Å².